The van der Waals surface area contributed by atoms with Gasteiger partial charge < -0.3 is 15.8 Å². The lowest BCUT2D eigenvalue weighted by Crippen LogP contribution is -2.44. The maximum Gasteiger partial charge on any atom is 0.276 e. The Bertz CT molecular complexity index is 488. The van der Waals surface area contributed by atoms with Crippen molar-refractivity contribution in [3.8, 4) is 0 Å². The normalized spacial score (nSPS) is 17.5. The van der Waals surface area contributed by atoms with Crippen molar-refractivity contribution >= 4 is 17.3 Å². The fourth-order valence-electron chi connectivity index (χ4n) is 2.58. The first-order valence-corrected chi connectivity index (χ1v) is 6.61. The summed E-state index contributed by atoms with van der Waals surface area (Å²) in [6.45, 7) is -0.0250. The molecule has 1 aromatic rings. The Labute approximate surface area is 116 Å². The van der Waals surface area contributed by atoms with Crippen molar-refractivity contribution in [3.05, 3.63) is 22.2 Å². The smallest absolute Gasteiger partial charge is 0.276 e. The van der Waals surface area contributed by atoms with E-state index in [0.717, 1.165) is 32.1 Å². The number of hydrogen-bond donors (Lipinski definition) is 4. The standard InChI is InChI=1S/C12H19N5O3/c13-16-11-7-9(17(19)20)6-10(14-11)15-12(8-18)4-2-1-3-5-12/h6-7,18H,1-5,8,13H2,(H2,14,15,16). The number of nitrogens with two attached hydrogens (primary N) is 1. The average molecular weight is 281 g/mol. The number of nitrogens with one attached hydrogen (secondary N) is 2. The van der Waals surface area contributed by atoms with E-state index in [1.54, 1.807) is 0 Å². The van der Waals surface area contributed by atoms with E-state index in [4.69, 9.17) is 5.84 Å². The summed E-state index contributed by atoms with van der Waals surface area (Å²) in [5.74, 6) is 5.84. The summed E-state index contributed by atoms with van der Waals surface area (Å²) in [5, 5.41) is 23.7. The molecule has 0 radical (unpaired) electrons. The number of rotatable bonds is 5. The molecule has 1 aliphatic rings. The zero-order valence-corrected chi connectivity index (χ0v) is 11.1. The van der Waals surface area contributed by atoms with Crippen LogP contribution in [0, 0.1) is 10.1 Å². The van der Waals surface area contributed by atoms with Crippen LogP contribution in [0.2, 0.25) is 0 Å². The molecule has 0 aromatic carbocycles. The van der Waals surface area contributed by atoms with Crippen molar-refractivity contribution in [2.24, 2.45) is 5.84 Å². The fraction of sp³-hybridized carbons (Fsp3) is 0.583. The third kappa shape index (κ3) is 3.14. The predicted molar refractivity (Wildman–Crippen MR) is 75.2 cm³/mol. The third-order valence-electron chi connectivity index (χ3n) is 3.68. The lowest BCUT2D eigenvalue weighted by Gasteiger charge is -2.36. The molecule has 0 bridgehead atoms. The van der Waals surface area contributed by atoms with Crippen molar-refractivity contribution < 1.29 is 10.0 Å². The van der Waals surface area contributed by atoms with E-state index in [0.29, 0.717) is 5.82 Å². The Morgan fingerprint density at radius 1 is 1.35 bits per heavy atom. The van der Waals surface area contributed by atoms with Gasteiger partial charge in [0.15, 0.2) is 0 Å². The number of aliphatic hydroxyl groups is 1. The molecule has 110 valence electrons. The van der Waals surface area contributed by atoms with Crippen molar-refractivity contribution in [2.75, 3.05) is 17.3 Å². The minimum atomic E-state index is -0.500. The lowest BCUT2D eigenvalue weighted by molar-refractivity contribution is -0.384. The van der Waals surface area contributed by atoms with Gasteiger partial charge in [0, 0.05) is 0 Å². The second-order valence-corrected chi connectivity index (χ2v) is 5.12. The Morgan fingerprint density at radius 3 is 2.55 bits per heavy atom. The van der Waals surface area contributed by atoms with Gasteiger partial charge in [-0.05, 0) is 12.8 Å². The minimum absolute atomic E-state index is 0.0250. The number of nitro groups is 1. The van der Waals surface area contributed by atoms with E-state index < -0.39 is 10.5 Å². The molecule has 1 heterocycles. The van der Waals surface area contributed by atoms with Crippen LogP contribution in [0.15, 0.2) is 12.1 Å². The number of aliphatic hydroxyl groups excluding tert-OH is 1. The second kappa shape index (κ2) is 6.02. The SMILES string of the molecule is NNc1cc([N+](=O)[O-])cc(NC2(CO)CCCCC2)n1. The monoisotopic (exact) mass is 281 g/mol. The molecule has 1 fully saturated rings. The van der Waals surface area contributed by atoms with Crippen LogP contribution in [0.1, 0.15) is 32.1 Å². The highest BCUT2D eigenvalue weighted by atomic mass is 16.6. The molecule has 0 saturated heterocycles. The molecular formula is C12H19N5O3. The molecule has 5 N–H and O–H groups in total. The molecule has 8 nitrogen and oxygen atoms in total. The zero-order valence-electron chi connectivity index (χ0n) is 11.1. The number of pyridine rings is 1. The van der Waals surface area contributed by atoms with Crippen LogP contribution in [-0.4, -0.2) is 27.2 Å². The van der Waals surface area contributed by atoms with Crippen LogP contribution < -0.4 is 16.6 Å². The first-order chi connectivity index (χ1) is 9.58. The maximum atomic E-state index is 10.9. The first-order valence-electron chi connectivity index (χ1n) is 6.61. The summed E-state index contributed by atoms with van der Waals surface area (Å²) in [7, 11) is 0. The number of nitrogen functional groups attached to an aromatic ring is 1. The number of anilines is 2. The summed E-state index contributed by atoms with van der Waals surface area (Å²) in [4.78, 5) is 14.6. The number of hydrogen-bond acceptors (Lipinski definition) is 7. The molecule has 1 aliphatic carbocycles. The van der Waals surface area contributed by atoms with Gasteiger partial charge in [0.05, 0.1) is 29.2 Å². The van der Waals surface area contributed by atoms with Crippen LogP contribution in [-0.2, 0) is 0 Å². The molecule has 8 heteroatoms. The van der Waals surface area contributed by atoms with E-state index in [9.17, 15) is 15.2 Å². The van der Waals surface area contributed by atoms with Crippen LogP contribution >= 0.6 is 0 Å². The van der Waals surface area contributed by atoms with Crippen LogP contribution in [0.3, 0.4) is 0 Å². The van der Waals surface area contributed by atoms with Crippen molar-refractivity contribution in [1.29, 1.82) is 0 Å². The van der Waals surface area contributed by atoms with Crippen molar-refractivity contribution in [1.82, 2.24) is 4.98 Å². The van der Waals surface area contributed by atoms with Crippen LogP contribution in [0.25, 0.3) is 0 Å². The molecule has 1 aromatic heterocycles. The van der Waals surface area contributed by atoms with Gasteiger partial charge in [-0.3, -0.25) is 10.1 Å². The third-order valence-corrected chi connectivity index (χ3v) is 3.68. The summed E-state index contributed by atoms with van der Waals surface area (Å²) < 4.78 is 0. The maximum absolute atomic E-state index is 10.9. The second-order valence-electron chi connectivity index (χ2n) is 5.12. The van der Waals surface area contributed by atoms with E-state index in [1.165, 1.54) is 12.1 Å². The molecule has 0 amide bonds. The predicted octanol–water partition coefficient (Wildman–Crippen LogP) is 1.38. The molecule has 20 heavy (non-hydrogen) atoms. The lowest BCUT2D eigenvalue weighted by atomic mass is 9.82. The number of aromatic nitrogens is 1. The summed E-state index contributed by atoms with van der Waals surface area (Å²) in [5.41, 5.74) is 1.76. The minimum Gasteiger partial charge on any atom is -0.394 e. The van der Waals surface area contributed by atoms with Gasteiger partial charge in [-0.15, -0.1) is 0 Å². The highest BCUT2D eigenvalue weighted by Gasteiger charge is 2.32. The van der Waals surface area contributed by atoms with Crippen molar-refractivity contribution in [3.63, 3.8) is 0 Å². The number of nitrogens with zero attached hydrogens (tertiary/aromatic N) is 2. The van der Waals surface area contributed by atoms with Crippen LogP contribution in [0.5, 0.6) is 0 Å². The fourth-order valence-corrected chi connectivity index (χ4v) is 2.58. The Balaban J connectivity index is 2.27. The van der Waals surface area contributed by atoms with Gasteiger partial charge in [-0.1, -0.05) is 19.3 Å². The average Bonchev–Trinajstić information content (AvgIpc) is 2.47. The molecule has 0 unspecified atom stereocenters. The largest absolute Gasteiger partial charge is 0.394 e. The van der Waals surface area contributed by atoms with Crippen molar-refractivity contribution in [2.45, 2.75) is 37.6 Å². The van der Waals surface area contributed by atoms with E-state index in [1.807, 2.05) is 0 Å². The Hall–Kier alpha value is -1.93. The quantitative estimate of drug-likeness (QED) is 0.365. The van der Waals surface area contributed by atoms with E-state index in [2.05, 4.69) is 15.7 Å². The Kier molecular flexibility index (Phi) is 4.35. The molecule has 0 aliphatic heterocycles. The van der Waals surface area contributed by atoms with Crippen LogP contribution in [0.4, 0.5) is 17.3 Å². The first kappa shape index (κ1) is 14.5. The zero-order chi connectivity index (χ0) is 14.6. The highest BCUT2D eigenvalue weighted by Crippen LogP contribution is 2.32. The molecular weight excluding hydrogens is 262 g/mol. The van der Waals surface area contributed by atoms with Gasteiger partial charge in [0.1, 0.15) is 11.6 Å². The van der Waals surface area contributed by atoms with E-state index >= 15 is 0 Å². The summed E-state index contributed by atoms with van der Waals surface area (Å²) in [6, 6.07) is 2.62. The summed E-state index contributed by atoms with van der Waals surface area (Å²) in [6.07, 6.45) is 4.81. The Morgan fingerprint density at radius 2 is 2.00 bits per heavy atom. The van der Waals surface area contributed by atoms with Gasteiger partial charge in [0.2, 0.25) is 0 Å². The summed E-state index contributed by atoms with van der Waals surface area (Å²) >= 11 is 0. The van der Waals surface area contributed by atoms with Gasteiger partial charge in [-0.2, -0.15) is 0 Å². The molecule has 2 rings (SSSR count). The van der Waals surface area contributed by atoms with E-state index in [-0.39, 0.29) is 18.1 Å². The molecule has 1 saturated carbocycles. The molecule has 0 atom stereocenters. The number of hydrazine groups is 1. The highest BCUT2D eigenvalue weighted by molar-refractivity contribution is 5.55. The van der Waals surface area contributed by atoms with Gasteiger partial charge in [-0.25, -0.2) is 10.8 Å². The van der Waals surface area contributed by atoms with Gasteiger partial charge in [0.25, 0.3) is 5.69 Å². The molecule has 0 spiro atoms. The topological polar surface area (TPSA) is 126 Å². The van der Waals surface area contributed by atoms with Gasteiger partial charge >= 0.3 is 0 Å².